The predicted octanol–water partition coefficient (Wildman–Crippen LogP) is 5.86. The molecule has 0 amide bonds. The number of hydrogen-bond acceptors (Lipinski definition) is 1. The molecule has 0 aromatic heterocycles. The monoisotopic (exact) mass is 421 g/mol. The van der Waals surface area contributed by atoms with E-state index in [4.69, 9.17) is 9.98 Å². The van der Waals surface area contributed by atoms with Gasteiger partial charge < -0.3 is 15.1 Å². The van der Waals surface area contributed by atoms with Gasteiger partial charge in [0.1, 0.15) is 0 Å². The molecule has 0 aliphatic heterocycles. The Morgan fingerprint density at radius 1 is 0.677 bits per heavy atom. The Morgan fingerprint density at radius 3 is 1.48 bits per heavy atom. The van der Waals surface area contributed by atoms with E-state index < -0.39 is 0 Å². The van der Waals surface area contributed by atoms with E-state index in [1.807, 2.05) is 50.1 Å². The van der Waals surface area contributed by atoms with Crippen molar-refractivity contribution in [2.75, 3.05) is 33.5 Å². The second-order valence-electron chi connectivity index (χ2n) is 10.4. The number of anilines is 1. The standard InChI is InChI=1S/C26H39N5/c1-25(2,3)19-11-15-21(16-12-19)27-23(29-24(30(7)8)31(9)10)28-22-17-13-20(14-18-22)26(4,5)6/h11-18H,1-10H3,(H,27,28). The van der Waals surface area contributed by atoms with E-state index in [2.05, 4.69) is 83.3 Å². The molecule has 31 heavy (non-hydrogen) atoms. The Morgan fingerprint density at radius 2 is 1.10 bits per heavy atom. The summed E-state index contributed by atoms with van der Waals surface area (Å²) >= 11 is 0. The first-order chi connectivity index (χ1) is 14.3. The minimum atomic E-state index is 0.110. The van der Waals surface area contributed by atoms with E-state index in [9.17, 15) is 0 Å². The zero-order valence-electron chi connectivity index (χ0n) is 20.9. The van der Waals surface area contributed by atoms with Crippen LogP contribution in [-0.4, -0.2) is 49.9 Å². The number of guanidine groups is 2. The van der Waals surface area contributed by atoms with E-state index in [1.54, 1.807) is 0 Å². The van der Waals surface area contributed by atoms with Crippen LogP contribution >= 0.6 is 0 Å². The van der Waals surface area contributed by atoms with E-state index in [0.717, 1.165) is 17.3 Å². The molecule has 0 aliphatic carbocycles. The van der Waals surface area contributed by atoms with Crippen LogP contribution in [0, 0.1) is 0 Å². The largest absolute Gasteiger partial charge is 0.349 e. The van der Waals surface area contributed by atoms with Crippen molar-refractivity contribution in [3.8, 4) is 0 Å². The third-order valence-corrected chi connectivity index (χ3v) is 4.98. The third-order valence-electron chi connectivity index (χ3n) is 4.98. The van der Waals surface area contributed by atoms with Gasteiger partial charge in [0.25, 0.3) is 0 Å². The molecule has 0 unspecified atom stereocenters. The van der Waals surface area contributed by atoms with Crippen LogP contribution in [0.15, 0.2) is 58.5 Å². The number of aliphatic imine (C=N–C) groups is 2. The number of benzene rings is 2. The molecule has 0 spiro atoms. The second-order valence-corrected chi connectivity index (χ2v) is 10.4. The molecule has 2 aromatic rings. The molecule has 5 heteroatoms. The van der Waals surface area contributed by atoms with Gasteiger partial charge in [-0.15, -0.1) is 0 Å². The molecule has 2 rings (SSSR count). The van der Waals surface area contributed by atoms with Crippen molar-refractivity contribution in [2.24, 2.45) is 9.98 Å². The van der Waals surface area contributed by atoms with Crippen molar-refractivity contribution in [2.45, 2.75) is 52.4 Å². The fourth-order valence-corrected chi connectivity index (χ4v) is 3.12. The maximum atomic E-state index is 4.82. The summed E-state index contributed by atoms with van der Waals surface area (Å²) in [6, 6.07) is 16.8. The Bertz CT molecular complexity index is 896. The molecule has 0 bridgehead atoms. The minimum absolute atomic E-state index is 0.110. The van der Waals surface area contributed by atoms with E-state index in [1.165, 1.54) is 11.1 Å². The van der Waals surface area contributed by atoms with Crippen LogP contribution in [0.2, 0.25) is 0 Å². The first kappa shape index (κ1) is 24.4. The van der Waals surface area contributed by atoms with Crippen LogP contribution < -0.4 is 5.32 Å². The highest BCUT2D eigenvalue weighted by Crippen LogP contribution is 2.26. The van der Waals surface area contributed by atoms with Gasteiger partial charge in [0.15, 0.2) is 0 Å². The van der Waals surface area contributed by atoms with Gasteiger partial charge in [-0.05, 0) is 46.2 Å². The summed E-state index contributed by atoms with van der Waals surface area (Å²) in [6.07, 6.45) is 0. The lowest BCUT2D eigenvalue weighted by molar-refractivity contribution is 0.485. The zero-order chi connectivity index (χ0) is 23.4. The van der Waals surface area contributed by atoms with Gasteiger partial charge in [0.2, 0.25) is 11.9 Å². The summed E-state index contributed by atoms with van der Waals surface area (Å²) in [5.74, 6) is 1.35. The van der Waals surface area contributed by atoms with Gasteiger partial charge in [0.05, 0.1) is 5.69 Å². The smallest absolute Gasteiger partial charge is 0.231 e. The van der Waals surface area contributed by atoms with Crippen LogP contribution in [0.3, 0.4) is 0 Å². The van der Waals surface area contributed by atoms with Crippen LogP contribution in [0.5, 0.6) is 0 Å². The number of nitrogens with one attached hydrogen (secondary N) is 1. The van der Waals surface area contributed by atoms with Crippen LogP contribution in [0.4, 0.5) is 11.4 Å². The number of hydrogen-bond donors (Lipinski definition) is 1. The normalized spacial score (nSPS) is 12.4. The molecule has 2 aromatic carbocycles. The fraction of sp³-hybridized carbons (Fsp3) is 0.462. The quantitative estimate of drug-likeness (QED) is 0.488. The zero-order valence-corrected chi connectivity index (χ0v) is 20.9. The molecule has 0 saturated carbocycles. The van der Waals surface area contributed by atoms with Crippen LogP contribution in [0.25, 0.3) is 0 Å². The Kier molecular flexibility index (Phi) is 7.53. The molecular weight excluding hydrogens is 382 g/mol. The van der Waals surface area contributed by atoms with Crippen molar-refractivity contribution >= 4 is 23.3 Å². The summed E-state index contributed by atoms with van der Waals surface area (Å²) in [5, 5.41) is 3.40. The molecule has 0 fully saturated rings. The lowest BCUT2D eigenvalue weighted by Gasteiger charge is -2.23. The highest BCUT2D eigenvalue weighted by Gasteiger charge is 2.15. The van der Waals surface area contributed by atoms with Gasteiger partial charge in [-0.1, -0.05) is 65.8 Å². The van der Waals surface area contributed by atoms with Crippen molar-refractivity contribution in [3.05, 3.63) is 59.7 Å². The SMILES string of the molecule is CN(C)C(=N/C(=N\c1ccc(C(C)(C)C)cc1)Nc1ccc(C(C)(C)C)cc1)N(C)C. The van der Waals surface area contributed by atoms with Gasteiger partial charge in [-0.2, -0.15) is 4.99 Å². The molecule has 0 saturated heterocycles. The summed E-state index contributed by atoms with van der Waals surface area (Å²) in [6.45, 7) is 13.3. The second kappa shape index (κ2) is 9.54. The minimum Gasteiger partial charge on any atom is -0.349 e. The van der Waals surface area contributed by atoms with Crippen LogP contribution in [-0.2, 0) is 10.8 Å². The molecule has 168 valence electrons. The molecule has 5 nitrogen and oxygen atoms in total. The van der Waals surface area contributed by atoms with E-state index in [0.29, 0.717) is 5.96 Å². The Labute approximate surface area is 188 Å². The molecule has 0 radical (unpaired) electrons. The highest BCUT2D eigenvalue weighted by molar-refractivity contribution is 6.03. The third kappa shape index (κ3) is 7.12. The molecule has 0 aliphatic rings. The van der Waals surface area contributed by atoms with Crippen LogP contribution in [0.1, 0.15) is 52.7 Å². The summed E-state index contributed by atoms with van der Waals surface area (Å²) < 4.78 is 0. The fourth-order valence-electron chi connectivity index (χ4n) is 3.12. The average Bonchev–Trinajstić information content (AvgIpc) is 2.65. The first-order valence-electron chi connectivity index (χ1n) is 10.8. The van der Waals surface area contributed by atoms with E-state index in [-0.39, 0.29) is 10.8 Å². The molecule has 0 atom stereocenters. The summed E-state index contributed by atoms with van der Waals surface area (Å²) in [4.78, 5) is 13.6. The lowest BCUT2D eigenvalue weighted by Crippen LogP contribution is -2.36. The van der Waals surface area contributed by atoms with Crippen molar-refractivity contribution in [3.63, 3.8) is 0 Å². The van der Waals surface area contributed by atoms with Crippen molar-refractivity contribution < 1.29 is 0 Å². The lowest BCUT2D eigenvalue weighted by atomic mass is 9.87. The maximum Gasteiger partial charge on any atom is 0.231 e. The predicted molar refractivity (Wildman–Crippen MR) is 136 cm³/mol. The average molecular weight is 422 g/mol. The van der Waals surface area contributed by atoms with Gasteiger partial charge in [-0.25, -0.2) is 4.99 Å². The molecule has 1 N–H and O–H groups in total. The van der Waals surface area contributed by atoms with Gasteiger partial charge in [-0.3, -0.25) is 0 Å². The number of nitrogens with zero attached hydrogens (tertiary/aromatic N) is 4. The van der Waals surface area contributed by atoms with Gasteiger partial charge >= 0.3 is 0 Å². The Hall–Kier alpha value is -2.82. The van der Waals surface area contributed by atoms with E-state index >= 15 is 0 Å². The van der Waals surface area contributed by atoms with Crippen molar-refractivity contribution in [1.29, 1.82) is 0 Å². The summed E-state index contributed by atoms with van der Waals surface area (Å²) in [7, 11) is 7.92. The molecule has 0 heterocycles. The number of rotatable bonds is 2. The first-order valence-corrected chi connectivity index (χ1v) is 10.8. The van der Waals surface area contributed by atoms with Crippen molar-refractivity contribution in [1.82, 2.24) is 9.80 Å². The Balaban J connectivity index is 2.43. The molecular formula is C26H39N5. The van der Waals surface area contributed by atoms with Gasteiger partial charge in [0, 0.05) is 33.9 Å². The summed E-state index contributed by atoms with van der Waals surface area (Å²) in [5.41, 5.74) is 4.62. The highest BCUT2D eigenvalue weighted by atomic mass is 15.4. The maximum absolute atomic E-state index is 4.82. The topological polar surface area (TPSA) is 43.2 Å².